The van der Waals surface area contributed by atoms with Crippen molar-refractivity contribution in [2.24, 2.45) is 5.14 Å². The summed E-state index contributed by atoms with van der Waals surface area (Å²) in [7, 11) is -3.76. The van der Waals surface area contributed by atoms with Crippen molar-refractivity contribution in [3.05, 3.63) is 59.9 Å². The van der Waals surface area contributed by atoms with Crippen molar-refractivity contribution in [2.75, 3.05) is 11.1 Å². The van der Waals surface area contributed by atoms with Crippen molar-refractivity contribution in [3.63, 3.8) is 0 Å². The van der Waals surface area contributed by atoms with Gasteiger partial charge in [0.15, 0.2) is 5.16 Å². The molecule has 8 nitrogen and oxygen atoms in total. The van der Waals surface area contributed by atoms with Crippen LogP contribution in [0.4, 0.5) is 5.69 Å². The SMILES string of the molecule is Cc1ccccc1-n1c(C)nnc1SCC(=O)Nc1ccc(S(N)(=O)=O)cc1. The van der Waals surface area contributed by atoms with E-state index in [4.69, 9.17) is 5.14 Å². The Morgan fingerprint density at radius 3 is 2.43 bits per heavy atom. The number of nitrogens with zero attached hydrogens (tertiary/aromatic N) is 3. The summed E-state index contributed by atoms with van der Waals surface area (Å²) in [5.74, 6) is 0.613. The highest BCUT2D eigenvalue weighted by atomic mass is 32.2. The molecule has 0 atom stereocenters. The number of aromatic nitrogens is 3. The minimum Gasteiger partial charge on any atom is -0.325 e. The first kappa shape index (κ1) is 20.1. The van der Waals surface area contributed by atoms with Gasteiger partial charge < -0.3 is 5.32 Å². The second kappa shape index (κ2) is 8.13. The third-order valence-electron chi connectivity index (χ3n) is 3.95. The number of nitrogens with one attached hydrogen (secondary N) is 1. The monoisotopic (exact) mass is 417 g/mol. The van der Waals surface area contributed by atoms with Gasteiger partial charge in [-0.2, -0.15) is 0 Å². The fourth-order valence-electron chi connectivity index (χ4n) is 2.58. The van der Waals surface area contributed by atoms with E-state index in [2.05, 4.69) is 15.5 Å². The number of primary sulfonamides is 1. The Morgan fingerprint density at radius 2 is 1.79 bits per heavy atom. The zero-order valence-corrected chi connectivity index (χ0v) is 16.9. The standard InChI is InChI=1S/C18H19N5O3S2/c1-12-5-3-4-6-16(12)23-13(2)21-22-18(23)27-11-17(24)20-14-7-9-15(10-8-14)28(19,25)26/h3-10H,11H2,1-2H3,(H,20,24)(H2,19,25,26). The second-order valence-corrected chi connectivity index (χ2v) is 8.56. The molecule has 3 N–H and O–H groups in total. The maximum absolute atomic E-state index is 12.3. The summed E-state index contributed by atoms with van der Waals surface area (Å²) >= 11 is 1.27. The van der Waals surface area contributed by atoms with Crippen LogP contribution in [0.25, 0.3) is 5.69 Å². The summed E-state index contributed by atoms with van der Waals surface area (Å²) in [6.45, 7) is 3.86. The Bertz CT molecular complexity index is 1110. The van der Waals surface area contributed by atoms with Gasteiger partial charge in [-0.15, -0.1) is 10.2 Å². The molecule has 146 valence electrons. The number of aryl methyl sites for hydroxylation is 2. The average molecular weight is 418 g/mol. The summed E-state index contributed by atoms with van der Waals surface area (Å²) in [6, 6.07) is 13.5. The normalized spacial score (nSPS) is 11.4. The minimum atomic E-state index is -3.76. The number of anilines is 1. The van der Waals surface area contributed by atoms with Crippen molar-refractivity contribution >= 4 is 33.4 Å². The molecule has 0 spiro atoms. The van der Waals surface area contributed by atoms with Crippen LogP contribution in [0.2, 0.25) is 0 Å². The van der Waals surface area contributed by atoms with E-state index in [1.807, 2.05) is 42.7 Å². The number of thioether (sulfide) groups is 1. The van der Waals surface area contributed by atoms with Gasteiger partial charge in [0, 0.05) is 5.69 Å². The Hall–Kier alpha value is -2.69. The number of hydrogen-bond donors (Lipinski definition) is 2. The highest BCUT2D eigenvalue weighted by Gasteiger charge is 2.15. The minimum absolute atomic E-state index is 0.0123. The molecule has 2 aromatic carbocycles. The van der Waals surface area contributed by atoms with Gasteiger partial charge in [-0.1, -0.05) is 30.0 Å². The zero-order chi connectivity index (χ0) is 20.3. The third kappa shape index (κ3) is 4.58. The molecule has 3 aromatic rings. The molecule has 1 heterocycles. The Morgan fingerprint density at radius 1 is 1.11 bits per heavy atom. The van der Waals surface area contributed by atoms with Crippen LogP contribution < -0.4 is 10.5 Å². The molecule has 0 bridgehead atoms. The number of carbonyl (C=O) groups excluding carboxylic acids is 1. The second-order valence-electron chi connectivity index (χ2n) is 6.06. The lowest BCUT2D eigenvalue weighted by Gasteiger charge is -2.11. The highest BCUT2D eigenvalue weighted by molar-refractivity contribution is 7.99. The molecule has 10 heteroatoms. The van der Waals surface area contributed by atoms with Gasteiger partial charge in [0.05, 0.1) is 16.3 Å². The summed E-state index contributed by atoms with van der Waals surface area (Å²) in [5, 5.41) is 16.7. The van der Waals surface area contributed by atoms with Crippen molar-refractivity contribution in [2.45, 2.75) is 23.9 Å². The maximum atomic E-state index is 12.3. The Labute approximate surface area is 167 Å². The fourth-order valence-corrected chi connectivity index (χ4v) is 3.89. The molecule has 1 amide bonds. The summed E-state index contributed by atoms with van der Waals surface area (Å²) in [4.78, 5) is 12.2. The molecule has 0 aliphatic heterocycles. The highest BCUT2D eigenvalue weighted by Crippen LogP contribution is 2.24. The van der Waals surface area contributed by atoms with Crippen LogP contribution in [-0.4, -0.2) is 34.8 Å². The van der Waals surface area contributed by atoms with Crippen molar-refractivity contribution in [3.8, 4) is 5.69 Å². The van der Waals surface area contributed by atoms with Gasteiger partial charge >= 0.3 is 0 Å². The topological polar surface area (TPSA) is 120 Å². The molecular formula is C18H19N5O3S2. The zero-order valence-electron chi connectivity index (χ0n) is 15.3. The van der Waals surface area contributed by atoms with E-state index in [-0.39, 0.29) is 16.6 Å². The van der Waals surface area contributed by atoms with Crippen LogP contribution in [0.1, 0.15) is 11.4 Å². The molecule has 0 aliphatic carbocycles. The number of para-hydroxylation sites is 1. The molecule has 1 aromatic heterocycles. The van der Waals surface area contributed by atoms with E-state index in [9.17, 15) is 13.2 Å². The van der Waals surface area contributed by atoms with Crippen LogP contribution in [0.3, 0.4) is 0 Å². The predicted octanol–water partition coefficient (Wildman–Crippen LogP) is 2.26. The van der Waals surface area contributed by atoms with Crippen molar-refractivity contribution in [1.29, 1.82) is 0 Å². The van der Waals surface area contributed by atoms with E-state index >= 15 is 0 Å². The summed E-state index contributed by atoms with van der Waals surface area (Å²) in [6.07, 6.45) is 0. The smallest absolute Gasteiger partial charge is 0.238 e. The maximum Gasteiger partial charge on any atom is 0.238 e. The van der Waals surface area contributed by atoms with E-state index in [0.29, 0.717) is 10.8 Å². The summed E-state index contributed by atoms with van der Waals surface area (Å²) < 4.78 is 24.5. The van der Waals surface area contributed by atoms with Gasteiger partial charge in [-0.05, 0) is 49.7 Å². The number of rotatable bonds is 6. The molecule has 0 unspecified atom stereocenters. The first-order chi connectivity index (χ1) is 13.3. The number of hydrogen-bond acceptors (Lipinski definition) is 6. The van der Waals surface area contributed by atoms with Crippen molar-refractivity contribution in [1.82, 2.24) is 14.8 Å². The predicted molar refractivity (Wildman–Crippen MR) is 108 cm³/mol. The van der Waals surface area contributed by atoms with E-state index in [1.165, 1.54) is 36.0 Å². The number of carbonyl (C=O) groups is 1. The number of amides is 1. The molecule has 0 fully saturated rings. The lowest BCUT2D eigenvalue weighted by atomic mass is 10.2. The molecule has 0 saturated heterocycles. The number of benzene rings is 2. The molecule has 0 radical (unpaired) electrons. The van der Waals surface area contributed by atoms with Crippen LogP contribution in [0, 0.1) is 13.8 Å². The van der Waals surface area contributed by atoms with Crippen LogP contribution >= 0.6 is 11.8 Å². The van der Waals surface area contributed by atoms with E-state index < -0.39 is 10.0 Å². The van der Waals surface area contributed by atoms with Crippen LogP contribution in [0.15, 0.2) is 58.6 Å². The average Bonchev–Trinajstić information content (AvgIpc) is 3.00. The molecular weight excluding hydrogens is 398 g/mol. The Balaban J connectivity index is 1.68. The van der Waals surface area contributed by atoms with Crippen molar-refractivity contribution < 1.29 is 13.2 Å². The van der Waals surface area contributed by atoms with Gasteiger partial charge in [-0.3, -0.25) is 9.36 Å². The largest absolute Gasteiger partial charge is 0.325 e. The van der Waals surface area contributed by atoms with E-state index in [1.54, 1.807) is 0 Å². The van der Waals surface area contributed by atoms with Gasteiger partial charge in [-0.25, -0.2) is 13.6 Å². The fraction of sp³-hybridized carbons (Fsp3) is 0.167. The lowest BCUT2D eigenvalue weighted by molar-refractivity contribution is -0.113. The molecule has 0 aliphatic rings. The van der Waals surface area contributed by atoms with E-state index in [0.717, 1.165) is 17.1 Å². The Kier molecular flexibility index (Phi) is 5.82. The third-order valence-corrected chi connectivity index (χ3v) is 5.81. The van der Waals surface area contributed by atoms with Gasteiger partial charge in [0.1, 0.15) is 5.82 Å². The summed E-state index contributed by atoms with van der Waals surface area (Å²) in [5.41, 5.74) is 2.52. The quantitative estimate of drug-likeness (QED) is 0.594. The van der Waals surface area contributed by atoms with Gasteiger partial charge in [0.2, 0.25) is 15.9 Å². The number of nitrogens with two attached hydrogens (primary N) is 1. The molecule has 0 saturated carbocycles. The van der Waals surface area contributed by atoms with Crippen LogP contribution in [0.5, 0.6) is 0 Å². The molecule has 28 heavy (non-hydrogen) atoms. The first-order valence-corrected chi connectivity index (χ1v) is 10.8. The molecule has 3 rings (SSSR count). The first-order valence-electron chi connectivity index (χ1n) is 8.29. The van der Waals surface area contributed by atoms with Gasteiger partial charge in [0.25, 0.3) is 0 Å². The van der Waals surface area contributed by atoms with Crippen LogP contribution in [-0.2, 0) is 14.8 Å². The lowest BCUT2D eigenvalue weighted by Crippen LogP contribution is -2.15. The number of sulfonamides is 1.